The van der Waals surface area contributed by atoms with Crippen LogP contribution >= 0.6 is 0 Å². The first kappa shape index (κ1) is 17.5. The molecule has 2 N–H and O–H groups in total. The number of nitriles is 1. The van der Waals surface area contributed by atoms with Gasteiger partial charge < -0.3 is 9.72 Å². The van der Waals surface area contributed by atoms with E-state index in [1.54, 1.807) is 37.4 Å². The molecule has 0 spiro atoms. The molecule has 0 aliphatic heterocycles. The Morgan fingerprint density at radius 1 is 1.15 bits per heavy atom. The van der Waals surface area contributed by atoms with Crippen molar-refractivity contribution in [1.82, 2.24) is 4.98 Å². The monoisotopic (exact) mass is 371 g/mol. The standard InChI is InChI=1S/C18H14FN3O3S/c1-25-14-5-3-13(4-6-14)18-9-15(11-21-18)26(23,24)22-17-7-2-12(10-20)8-16(17)19/h2-9,11,21-22H,1H3. The first-order chi connectivity index (χ1) is 12.4. The summed E-state index contributed by atoms with van der Waals surface area (Å²) in [5.41, 5.74) is 1.25. The van der Waals surface area contributed by atoms with Gasteiger partial charge in [-0.15, -0.1) is 0 Å². The molecule has 0 saturated heterocycles. The number of sulfonamides is 1. The van der Waals surface area contributed by atoms with Crippen molar-refractivity contribution >= 4 is 15.7 Å². The first-order valence-electron chi connectivity index (χ1n) is 7.48. The summed E-state index contributed by atoms with van der Waals surface area (Å²) in [6.07, 6.45) is 1.32. The Bertz CT molecular complexity index is 1080. The van der Waals surface area contributed by atoms with E-state index >= 15 is 0 Å². The molecule has 0 saturated carbocycles. The highest BCUT2D eigenvalue weighted by molar-refractivity contribution is 7.92. The summed E-state index contributed by atoms with van der Waals surface area (Å²) in [5.74, 6) is -0.135. The number of benzene rings is 2. The molecule has 1 aromatic heterocycles. The molecule has 3 aromatic rings. The van der Waals surface area contributed by atoms with Gasteiger partial charge in [-0.25, -0.2) is 12.8 Å². The lowest BCUT2D eigenvalue weighted by Gasteiger charge is -2.07. The lowest BCUT2D eigenvalue weighted by molar-refractivity contribution is 0.415. The van der Waals surface area contributed by atoms with E-state index in [0.29, 0.717) is 11.4 Å². The Labute approximate surface area is 149 Å². The minimum atomic E-state index is -3.98. The molecule has 0 aliphatic carbocycles. The van der Waals surface area contributed by atoms with E-state index in [0.717, 1.165) is 11.6 Å². The Hall–Kier alpha value is -3.31. The van der Waals surface area contributed by atoms with E-state index in [2.05, 4.69) is 9.71 Å². The molecule has 1 heterocycles. The SMILES string of the molecule is COc1ccc(-c2cc(S(=O)(=O)Nc3ccc(C#N)cc3F)c[nH]2)cc1. The number of hydrogen-bond donors (Lipinski definition) is 2. The van der Waals surface area contributed by atoms with Gasteiger partial charge >= 0.3 is 0 Å². The van der Waals surface area contributed by atoms with Crippen LogP contribution in [0.15, 0.2) is 59.6 Å². The molecule has 0 bridgehead atoms. The topological polar surface area (TPSA) is 95.0 Å². The molecule has 0 amide bonds. The fourth-order valence-corrected chi connectivity index (χ4v) is 3.40. The average Bonchev–Trinajstić information content (AvgIpc) is 3.14. The Morgan fingerprint density at radius 3 is 2.50 bits per heavy atom. The van der Waals surface area contributed by atoms with E-state index in [1.165, 1.54) is 24.4 Å². The Kier molecular flexibility index (Phi) is 4.65. The second-order valence-electron chi connectivity index (χ2n) is 5.39. The largest absolute Gasteiger partial charge is 0.497 e. The minimum absolute atomic E-state index is 0.0351. The Morgan fingerprint density at radius 2 is 1.88 bits per heavy atom. The van der Waals surface area contributed by atoms with E-state index in [9.17, 15) is 12.8 Å². The van der Waals surface area contributed by atoms with Gasteiger partial charge in [0.25, 0.3) is 10.0 Å². The van der Waals surface area contributed by atoms with Crippen molar-refractivity contribution in [3.05, 3.63) is 66.1 Å². The molecule has 132 valence electrons. The predicted octanol–water partition coefficient (Wildman–Crippen LogP) is 3.50. The maximum atomic E-state index is 13.9. The summed E-state index contributed by atoms with van der Waals surface area (Å²) in [7, 11) is -2.43. The van der Waals surface area contributed by atoms with Crippen molar-refractivity contribution in [2.45, 2.75) is 4.90 Å². The summed E-state index contributed by atoms with van der Waals surface area (Å²) < 4.78 is 46.1. The molecule has 26 heavy (non-hydrogen) atoms. The lowest BCUT2D eigenvalue weighted by Crippen LogP contribution is -2.13. The lowest BCUT2D eigenvalue weighted by atomic mass is 10.1. The highest BCUT2D eigenvalue weighted by Crippen LogP contribution is 2.25. The van der Waals surface area contributed by atoms with Crippen LogP contribution in [0, 0.1) is 17.1 Å². The number of methoxy groups -OCH3 is 1. The summed E-state index contributed by atoms with van der Waals surface area (Å²) in [6.45, 7) is 0. The molecule has 0 aliphatic rings. The maximum Gasteiger partial charge on any atom is 0.263 e. The number of hydrogen-bond acceptors (Lipinski definition) is 4. The van der Waals surface area contributed by atoms with E-state index in [1.807, 2.05) is 0 Å². The van der Waals surface area contributed by atoms with Gasteiger partial charge in [0, 0.05) is 11.9 Å². The second kappa shape index (κ2) is 6.90. The van der Waals surface area contributed by atoms with Crippen LogP contribution in [0.2, 0.25) is 0 Å². The van der Waals surface area contributed by atoms with Crippen LogP contribution in [0.25, 0.3) is 11.3 Å². The third-order valence-corrected chi connectivity index (χ3v) is 5.06. The minimum Gasteiger partial charge on any atom is -0.497 e. The van der Waals surface area contributed by atoms with Crippen molar-refractivity contribution < 1.29 is 17.5 Å². The number of rotatable bonds is 5. The quantitative estimate of drug-likeness (QED) is 0.717. The van der Waals surface area contributed by atoms with Gasteiger partial charge in [-0.3, -0.25) is 4.72 Å². The summed E-state index contributed by atoms with van der Waals surface area (Å²) in [6, 6.07) is 13.8. The molecule has 6 nitrogen and oxygen atoms in total. The zero-order valence-electron chi connectivity index (χ0n) is 13.7. The number of aromatic nitrogens is 1. The fourth-order valence-electron chi connectivity index (χ4n) is 2.34. The highest BCUT2D eigenvalue weighted by Gasteiger charge is 2.18. The van der Waals surface area contributed by atoms with Gasteiger partial charge in [-0.05, 0) is 54.1 Å². The number of nitrogens with one attached hydrogen (secondary N) is 2. The maximum absolute atomic E-state index is 13.9. The zero-order chi connectivity index (χ0) is 18.7. The van der Waals surface area contributed by atoms with Crippen molar-refractivity contribution in [3.8, 4) is 23.1 Å². The van der Waals surface area contributed by atoms with Crippen molar-refractivity contribution in [3.63, 3.8) is 0 Å². The van der Waals surface area contributed by atoms with Crippen LogP contribution in [-0.2, 0) is 10.0 Å². The summed E-state index contributed by atoms with van der Waals surface area (Å²) >= 11 is 0. The van der Waals surface area contributed by atoms with Crippen LogP contribution in [0.5, 0.6) is 5.75 Å². The number of halogens is 1. The van der Waals surface area contributed by atoms with Crippen LogP contribution in [0.4, 0.5) is 10.1 Å². The third kappa shape index (κ3) is 3.53. The second-order valence-corrected chi connectivity index (χ2v) is 7.07. The van der Waals surface area contributed by atoms with Gasteiger partial charge in [-0.2, -0.15) is 5.26 Å². The number of aromatic amines is 1. The van der Waals surface area contributed by atoms with Gasteiger partial charge in [0.15, 0.2) is 0 Å². The number of H-pyrrole nitrogens is 1. The third-order valence-electron chi connectivity index (χ3n) is 3.71. The molecule has 0 radical (unpaired) electrons. The van der Waals surface area contributed by atoms with Crippen molar-refractivity contribution in [2.24, 2.45) is 0 Å². The molecular formula is C18H14FN3O3S. The van der Waals surface area contributed by atoms with Gasteiger partial charge in [0.2, 0.25) is 0 Å². The number of anilines is 1. The molecule has 2 aromatic carbocycles. The molecule has 3 rings (SSSR count). The van der Waals surface area contributed by atoms with Crippen LogP contribution in [0.3, 0.4) is 0 Å². The van der Waals surface area contributed by atoms with E-state index < -0.39 is 15.8 Å². The van der Waals surface area contributed by atoms with Crippen molar-refractivity contribution in [1.29, 1.82) is 5.26 Å². The van der Waals surface area contributed by atoms with E-state index in [-0.39, 0.29) is 16.1 Å². The normalized spacial score (nSPS) is 11.0. The fraction of sp³-hybridized carbons (Fsp3) is 0.0556. The highest BCUT2D eigenvalue weighted by atomic mass is 32.2. The zero-order valence-corrected chi connectivity index (χ0v) is 14.5. The van der Waals surface area contributed by atoms with Gasteiger partial charge in [0.05, 0.1) is 24.4 Å². The van der Waals surface area contributed by atoms with Gasteiger partial charge in [-0.1, -0.05) is 0 Å². The summed E-state index contributed by atoms with van der Waals surface area (Å²) in [4.78, 5) is 2.85. The van der Waals surface area contributed by atoms with Crippen LogP contribution in [0.1, 0.15) is 5.56 Å². The van der Waals surface area contributed by atoms with Gasteiger partial charge in [0.1, 0.15) is 16.5 Å². The van der Waals surface area contributed by atoms with Crippen LogP contribution < -0.4 is 9.46 Å². The smallest absolute Gasteiger partial charge is 0.263 e. The molecule has 0 fully saturated rings. The molecular weight excluding hydrogens is 357 g/mol. The first-order valence-corrected chi connectivity index (χ1v) is 8.96. The number of ether oxygens (including phenoxy) is 1. The summed E-state index contributed by atoms with van der Waals surface area (Å²) in [5, 5.41) is 8.74. The predicted molar refractivity (Wildman–Crippen MR) is 94.7 cm³/mol. The molecule has 0 unspecified atom stereocenters. The number of nitrogens with zero attached hydrogens (tertiary/aromatic N) is 1. The van der Waals surface area contributed by atoms with E-state index in [4.69, 9.17) is 10.00 Å². The van der Waals surface area contributed by atoms with Crippen LogP contribution in [-0.4, -0.2) is 20.5 Å². The molecule has 0 atom stereocenters. The van der Waals surface area contributed by atoms with Crippen molar-refractivity contribution in [2.75, 3.05) is 11.8 Å². The molecule has 8 heteroatoms. The average molecular weight is 371 g/mol. The Balaban J connectivity index is 1.86.